The van der Waals surface area contributed by atoms with Crippen LogP contribution in [0.15, 0.2) is 55.0 Å². The summed E-state index contributed by atoms with van der Waals surface area (Å²) in [6.07, 6.45) is 2.88. The second kappa shape index (κ2) is 14.3. The summed E-state index contributed by atoms with van der Waals surface area (Å²) in [5.41, 5.74) is 1.94. The molecule has 2 aromatic heterocycles. The number of hydrogen-bond donors (Lipinski definition) is 2. The van der Waals surface area contributed by atoms with Crippen molar-refractivity contribution >= 4 is 35.1 Å². The third-order valence-electron chi connectivity index (χ3n) is 7.07. The lowest BCUT2D eigenvalue weighted by Gasteiger charge is -2.29. The molecule has 2 aliphatic rings. The number of rotatable bonds is 7. The largest absolute Gasteiger partial charge is 0.386 e. The standard InChI is InChI=1S/C28H27ClF3N7S.C2H3F3/c29-19-13-20(27(32)24(14-19)36-40-38-9-1-2-10-38)21-17-39(35-28(21)18-3-5-33-6-4-18)26-16-22(30)25(15-23(26)31)37-11-7-34-8-12-37;1-2(3,4)5/h3-6,13-17,34,36H,1-2,7-12H2;1H3. The van der Waals surface area contributed by atoms with Crippen LogP contribution in [0, 0.1) is 17.5 Å². The molecule has 15 heteroatoms. The average molecular weight is 670 g/mol. The number of hydrogen-bond acceptors (Lipinski definition) is 7. The highest BCUT2D eigenvalue weighted by atomic mass is 35.5. The fraction of sp³-hybridized carbons (Fsp3) is 0.333. The molecule has 0 amide bonds. The Morgan fingerprint density at radius 3 is 2.18 bits per heavy atom. The zero-order valence-electron chi connectivity index (χ0n) is 24.1. The predicted molar refractivity (Wildman–Crippen MR) is 166 cm³/mol. The van der Waals surface area contributed by atoms with Crippen molar-refractivity contribution in [3.05, 3.63) is 77.5 Å². The summed E-state index contributed by atoms with van der Waals surface area (Å²) in [4.78, 5) is 5.87. The molecule has 6 rings (SSSR count). The SMILES string of the molecule is CC(F)(F)F.Fc1cc(-n2cc(-c3cc(Cl)cc(NSN4CCCC4)c3F)c(-c3ccncc3)n2)c(F)cc1N1CCNCC1. The van der Waals surface area contributed by atoms with Crippen molar-refractivity contribution < 1.29 is 26.3 Å². The second-order valence-corrected chi connectivity index (χ2v) is 11.8. The second-order valence-electron chi connectivity index (χ2n) is 10.5. The Balaban J connectivity index is 0.000000743. The van der Waals surface area contributed by atoms with Crippen molar-refractivity contribution in [1.29, 1.82) is 0 Å². The molecule has 2 fully saturated rings. The zero-order valence-corrected chi connectivity index (χ0v) is 25.7. The monoisotopic (exact) mass is 669 g/mol. The molecule has 7 nitrogen and oxygen atoms in total. The first-order chi connectivity index (χ1) is 21.5. The summed E-state index contributed by atoms with van der Waals surface area (Å²) in [5.74, 6) is -1.71. The quantitative estimate of drug-likeness (QED) is 0.154. The number of anilines is 2. The number of halogens is 7. The predicted octanol–water partition coefficient (Wildman–Crippen LogP) is 7.72. The van der Waals surface area contributed by atoms with Gasteiger partial charge in [-0.05, 0) is 37.1 Å². The number of nitrogens with zero attached hydrogens (tertiary/aromatic N) is 5. The van der Waals surface area contributed by atoms with Crippen LogP contribution in [0.5, 0.6) is 0 Å². The van der Waals surface area contributed by atoms with Crippen LogP contribution in [-0.4, -0.2) is 64.5 Å². The molecule has 4 aromatic rings. The number of piperazine rings is 1. The van der Waals surface area contributed by atoms with E-state index in [0.717, 1.165) is 32.0 Å². The Bertz CT molecular complexity index is 1600. The summed E-state index contributed by atoms with van der Waals surface area (Å²) in [6, 6.07) is 8.83. The van der Waals surface area contributed by atoms with Gasteiger partial charge < -0.3 is 14.9 Å². The molecule has 0 saturated carbocycles. The van der Waals surface area contributed by atoms with Gasteiger partial charge in [0.25, 0.3) is 0 Å². The first-order valence-electron chi connectivity index (χ1n) is 14.2. The van der Waals surface area contributed by atoms with E-state index in [-0.39, 0.29) is 29.5 Å². The summed E-state index contributed by atoms with van der Waals surface area (Å²) in [7, 11) is 0. The van der Waals surface area contributed by atoms with Crippen molar-refractivity contribution in [2.75, 3.05) is 48.9 Å². The van der Waals surface area contributed by atoms with E-state index in [9.17, 15) is 13.2 Å². The number of pyridine rings is 1. The van der Waals surface area contributed by atoms with Crippen LogP contribution in [0.3, 0.4) is 0 Å². The molecule has 240 valence electrons. The van der Waals surface area contributed by atoms with Crippen LogP contribution < -0.4 is 14.9 Å². The van der Waals surface area contributed by atoms with Crippen LogP contribution >= 0.6 is 23.7 Å². The molecule has 2 saturated heterocycles. The number of nitrogens with one attached hydrogen (secondary N) is 2. The first-order valence-corrected chi connectivity index (χ1v) is 15.3. The van der Waals surface area contributed by atoms with Gasteiger partial charge in [0.15, 0.2) is 11.6 Å². The van der Waals surface area contributed by atoms with E-state index in [1.54, 1.807) is 24.5 Å². The van der Waals surface area contributed by atoms with Gasteiger partial charge in [-0.2, -0.15) is 18.3 Å². The smallest absolute Gasteiger partial charge is 0.367 e. The van der Waals surface area contributed by atoms with Gasteiger partial charge in [0, 0.05) is 111 Å². The average Bonchev–Trinajstić information content (AvgIpc) is 3.69. The van der Waals surface area contributed by atoms with Crippen molar-refractivity contribution in [3.63, 3.8) is 0 Å². The Hall–Kier alpha value is -3.46. The lowest BCUT2D eigenvalue weighted by molar-refractivity contribution is -0.110. The van der Waals surface area contributed by atoms with E-state index in [2.05, 4.69) is 24.4 Å². The highest BCUT2D eigenvalue weighted by molar-refractivity contribution is 7.98. The molecule has 45 heavy (non-hydrogen) atoms. The Morgan fingerprint density at radius 2 is 1.51 bits per heavy atom. The zero-order chi connectivity index (χ0) is 32.1. The number of benzene rings is 2. The number of alkyl halides is 3. The molecule has 0 atom stereocenters. The van der Waals surface area contributed by atoms with Crippen LogP contribution in [-0.2, 0) is 0 Å². The van der Waals surface area contributed by atoms with Crippen molar-refractivity contribution in [2.24, 2.45) is 0 Å². The fourth-order valence-electron chi connectivity index (χ4n) is 5.02. The maximum absolute atomic E-state index is 16.0. The van der Waals surface area contributed by atoms with Crippen LogP contribution in [0.1, 0.15) is 19.8 Å². The van der Waals surface area contributed by atoms with Gasteiger partial charge in [0.1, 0.15) is 17.2 Å². The number of aromatic nitrogens is 3. The van der Waals surface area contributed by atoms with Crippen LogP contribution in [0.2, 0.25) is 5.02 Å². The highest BCUT2D eigenvalue weighted by Crippen LogP contribution is 2.39. The van der Waals surface area contributed by atoms with E-state index in [0.29, 0.717) is 48.0 Å². The molecule has 2 aliphatic heterocycles. The molecule has 0 bridgehead atoms. The van der Waals surface area contributed by atoms with E-state index >= 15 is 13.2 Å². The van der Waals surface area contributed by atoms with Gasteiger partial charge in [-0.25, -0.2) is 22.2 Å². The molecular formula is C30H30ClF6N7S. The summed E-state index contributed by atoms with van der Waals surface area (Å²) in [6.45, 7) is 4.57. The third-order valence-corrected chi connectivity index (χ3v) is 8.22. The topological polar surface area (TPSA) is 61.3 Å². The molecule has 0 spiro atoms. The van der Waals surface area contributed by atoms with E-state index in [1.807, 2.05) is 4.90 Å². The summed E-state index contributed by atoms with van der Waals surface area (Å²) >= 11 is 7.78. The maximum Gasteiger partial charge on any atom is 0.386 e. The van der Waals surface area contributed by atoms with Crippen molar-refractivity contribution in [2.45, 2.75) is 25.9 Å². The van der Waals surface area contributed by atoms with Gasteiger partial charge in [-0.3, -0.25) is 4.98 Å². The molecule has 2 N–H and O–H groups in total. The Kier molecular flexibility index (Phi) is 10.5. The van der Waals surface area contributed by atoms with Crippen molar-refractivity contribution in [3.8, 4) is 28.1 Å². The maximum atomic E-state index is 16.0. The minimum absolute atomic E-state index is 0.0803. The Morgan fingerprint density at radius 1 is 0.889 bits per heavy atom. The normalized spacial score (nSPS) is 15.6. The van der Waals surface area contributed by atoms with Crippen LogP contribution in [0.4, 0.5) is 37.7 Å². The first kappa shape index (κ1) is 32.9. The molecule has 0 aliphatic carbocycles. The lowest BCUT2D eigenvalue weighted by Crippen LogP contribution is -2.44. The van der Waals surface area contributed by atoms with E-state index in [4.69, 9.17) is 11.6 Å². The highest BCUT2D eigenvalue weighted by Gasteiger charge is 2.24. The van der Waals surface area contributed by atoms with Crippen molar-refractivity contribution in [1.82, 2.24) is 24.4 Å². The summed E-state index contributed by atoms with van der Waals surface area (Å²) < 4.78 is 84.2. The van der Waals surface area contributed by atoms with Gasteiger partial charge >= 0.3 is 6.18 Å². The van der Waals surface area contributed by atoms with E-state index < -0.39 is 23.6 Å². The Labute approximate surface area is 265 Å². The van der Waals surface area contributed by atoms with E-state index in [1.165, 1.54) is 41.2 Å². The molecule has 0 unspecified atom stereocenters. The summed E-state index contributed by atoms with van der Waals surface area (Å²) in [5, 5.41) is 8.13. The van der Waals surface area contributed by atoms with Gasteiger partial charge in [0.2, 0.25) is 0 Å². The minimum atomic E-state index is -4.00. The minimum Gasteiger partial charge on any atom is -0.367 e. The van der Waals surface area contributed by atoms with Gasteiger partial charge in [0.05, 0.1) is 11.4 Å². The molecule has 4 heterocycles. The molecule has 2 aromatic carbocycles. The van der Waals surface area contributed by atoms with Gasteiger partial charge in [-0.1, -0.05) is 11.6 Å². The molecular weight excluding hydrogens is 640 g/mol. The van der Waals surface area contributed by atoms with Crippen LogP contribution in [0.25, 0.3) is 28.1 Å². The fourth-order valence-corrected chi connectivity index (χ4v) is 6.05. The third kappa shape index (κ3) is 8.43. The lowest BCUT2D eigenvalue weighted by atomic mass is 10.0. The van der Waals surface area contributed by atoms with Gasteiger partial charge in [-0.15, -0.1) is 0 Å². The molecule has 0 radical (unpaired) electrons.